The van der Waals surface area contributed by atoms with Gasteiger partial charge < -0.3 is 18.9 Å². The number of anilines is 1. The van der Waals surface area contributed by atoms with Crippen LogP contribution in [-0.4, -0.2) is 46.7 Å². The molecule has 0 saturated heterocycles. The third-order valence-corrected chi connectivity index (χ3v) is 6.88. The molecule has 1 amide bonds. The summed E-state index contributed by atoms with van der Waals surface area (Å²) >= 11 is 1.49. The van der Waals surface area contributed by atoms with E-state index in [4.69, 9.17) is 13.6 Å². The second-order valence-corrected chi connectivity index (χ2v) is 9.62. The van der Waals surface area contributed by atoms with Gasteiger partial charge >= 0.3 is 5.97 Å². The molecule has 10 heteroatoms. The molecule has 3 aromatic heterocycles. The summed E-state index contributed by atoms with van der Waals surface area (Å²) in [5, 5.41) is 11.7. The monoisotopic (exact) mass is 486 g/mol. The minimum atomic E-state index is -0.369. The predicted molar refractivity (Wildman–Crippen MR) is 128 cm³/mol. The molecule has 1 atom stereocenters. The quantitative estimate of drug-likeness (QED) is 0.416. The van der Waals surface area contributed by atoms with Gasteiger partial charge in [0.2, 0.25) is 11.8 Å². The summed E-state index contributed by atoms with van der Waals surface area (Å²) in [6.07, 6.45) is 5.16. The van der Waals surface area contributed by atoms with Gasteiger partial charge in [0.1, 0.15) is 5.00 Å². The second-order valence-electron chi connectivity index (χ2n) is 8.51. The molecule has 0 aliphatic heterocycles. The van der Waals surface area contributed by atoms with E-state index in [0.29, 0.717) is 53.7 Å². The van der Waals surface area contributed by atoms with Crippen LogP contribution in [0.2, 0.25) is 0 Å². The first-order valence-electron chi connectivity index (χ1n) is 11.7. The first kappa shape index (κ1) is 24.2. The molecule has 0 spiro atoms. The van der Waals surface area contributed by atoms with Crippen LogP contribution in [0.15, 0.2) is 27.2 Å². The summed E-state index contributed by atoms with van der Waals surface area (Å²) in [5.41, 5.74) is 1.54. The van der Waals surface area contributed by atoms with E-state index in [-0.39, 0.29) is 18.4 Å². The van der Waals surface area contributed by atoms with Crippen LogP contribution in [0, 0.1) is 5.92 Å². The molecule has 9 nitrogen and oxygen atoms in total. The number of ether oxygens (including phenoxy) is 1. The molecule has 0 radical (unpaired) electrons. The summed E-state index contributed by atoms with van der Waals surface area (Å²) in [6, 6.07) is 3.50. The molecule has 4 rings (SSSR count). The Morgan fingerprint density at radius 1 is 1.32 bits per heavy atom. The van der Waals surface area contributed by atoms with E-state index in [1.807, 2.05) is 11.8 Å². The van der Waals surface area contributed by atoms with E-state index < -0.39 is 0 Å². The van der Waals surface area contributed by atoms with Crippen molar-refractivity contribution in [1.29, 1.82) is 0 Å². The molecule has 0 fully saturated rings. The summed E-state index contributed by atoms with van der Waals surface area (Å²) < 4.78 is 16.3. The maximum atomic E-state index is 13.0. The fourth-order valence-electron chi connectivity index (χ4n) is 4.17. The van der Waals surface area contributed by atoms with Crippen molar-refractivity contribution in [1.82, 2.24) is 15.1 Å². The molecule has 3 heterocycles. The van der Waals surface area contributed by atoms with Crippen LogP contribution in [0.3, 0.4) is 0 Å². The Morgan fingerprint density at radius 3 is 2.91 bits per heavy atom. The highest BCUT2D eigenvalue weighted by molar-refractivity contribution is 7.17. The van der Waals surface area contributed by atoms with Gasteiger partial charge in [0.15, 0.2) is 5.76 Å². The van der Waals surface area contributed by atoms with Crippen LogP contribution in [0.4, 0.5) is 5.00 Å². The topological polar surface area (TPSA) is 111 Å². The lowest BCUT2D eigenvalue weighted by Gasteiger charge is -2.19. The van der Waals surface area contributed by atoms with Crippen LogP contribution in [0.25, 0.3) is 11.7 Å². The Morgan fingerprint density at radius 2 is 2.18 bits per heavy atom. The van der Waals surface area contributed by atoms with Gasteiger partial charge in [-0.1, -0.05) is 13.8 Å². The average Bonchev–Trinajstić information content (AvgIpc) is 3.53. The van der Waals surface area contributed by atoms with Gasteiger partial charge in [-0.25, -0.2) is 4.79 Å². The molecule has 182 valence electrons. The number of furan rings is 1. The molecular weight excluding hydrogens is 456 g/mol. The fourth-order valence-corrected chi connectivity index (χ4v) is 5.58. The zero-order valence-corrected chi connectivity index (χ0v) is 20.6. The Bertz CT molecular complexity index is 1120. The number of hydrogen-bond acceptors (Lipinski definition) is 9. The van der Waals surface area contributed by atoms with Crippen LogP contribution >= 0.6 is 11.3 Å². The molecule has 3 aromatic rings. The van der Waals surface area contributed by atoms with Crippen LogP contribution < -0.4 is 5.32 Å². The normalized spacial score (nSPS) is 15.4. The number of carbonyl (C=O) groups is 2. The average molecular weight is 487 g/mol. The van der Waals surface area contributed by atoms with E-state index in [9.17, 15) is 9.59 Å². The van der Waals surface area contributed by atoms with Crippen molar-refractivity contribution in [3.63, 3.8) is 0 Å². The number of amides is 1. The predicted octanol–water partition coefficient (Wildman–Crippen LogP) is 4.54. The van der Waals surface area contributed by atoms with E-state index in [0.717, 1.165) is 31.2 Å². The highest BCUT2D eigenvalue weighted by Crippen LogP contribution is 2.40. The van der Waals surface area contributed by atoms with Crippen molar-refractivity contribution in [3.05, 3.63) is 40.3 Å². The third-order valence-electron chi connectivity index (χ3n) is 5.71. The van der Waals surface area contributed by atoms with Crippen molar-refractivity contribution in [3.8, 4) is 11.7 Å². The number of thiophene rings is 1. The first-order valence-corrected chi connectivity index (χ1v) is 12.5. The lowest BCUT2D eigenvalue weighted by Crippen LogP contribution is -2.33. The lowest BCUT2D eigenvalue weighted by molar-refractivity contribution is -0.117. The van der Waals surface area contributed by atoms with E-state index >= 15 is 0 Å². The van der Waals surface area contributed by atoms with Gasteiger partial charge in [0.25, 0.3) is 5.89 Å². The fraction of sp³-hybridized carbons (Fsp3) is 0.500. The Kier molecular flexibility index (Phi) is 7.79. The van der Waals surface area contributed by atoms with Gasteiger partial charge in [-0.3, -0.25) is 9.69 Å². The number of aromatic nitrogens is 2. The van der Waals surface area contributed by atoms with Crippen molar-refractivity contribution < 1.29 is 23.2 Å². The maximum absolute atomic E-state index is 13.0. The Balaban J connectivity index is 1.46. The zero-order chi connectivity index (χ0) is 24.1. The van der Waals surface area contributed by atoms with E-state index in [1.54, 1.807) is 25.3 Å². The molecule has 1 N–H and O–H groups in total. The lowest BCUT2D eigenvalue weighted by atomic mass is 9.88. The van der Waals surface area contributed by atoms with Crippen molar-refractivity contribution >= 4 is 28.2 Å². The molecule has 0 saturated carbocycles. The number of hydrogen-bond donors (Lipinski definition) is 1. The Hall–Kier alpha value is -2.98. The number of nitrogens with zero attached hydrogens (tertiary/aromatic N) is 3. The molecule has 0 bridgehead atoms. The number of fused-ring (bicyclic) bond motifs is 1. The standard InChI is InChI=1S/C24H30N4O5S/c1-4-10-28(14-20-26-27-22(33-20)17-7-6-11-32-17)13-19(29)25-23-21(24(30)31-5-2)16-9-8-15(3)12-18(16)34-23/h6-7,11,15H,4-5,8-10,12-14H2,1-3H3,(H,25,29)/t15-/m0/s1. The number of esters is 1. The van der Waals surface area contributed by atoms with Gasteiger partial charge in [-0.05, 0) is 62.8 Å². The van der Waals surface area contributed by atoms with Crippen molar-refractivity contribution in [2.24, 2.45) is 5.92 Å². The molecule has 0 unspecified atom stereocenters. The maximum Gasteiger partial charge on any atom is 0.341 e. The van der Waals surface area contributed by atoms with Crippen LogP contribution in [-0.2, 0) is 28.9 Å². The molecule has 1 aliphatic rings. The van der Waals surface area contributed by atoms with Crippen molar-refractivity contribution in [2.75, 3.05) is 25.0 Å². The molecule has 34 heavy (non-hydrogen) atoms. The van der Waals surface area contributed by atoms with Crippen molar-refractivity contribution in [2.45, 2.75) is 53.0 Å². The van der Waals surface area contributed by atoms with Gasteiger partial charge in [-0.2, -0.15) is 0 Å². The van der Waals surface area contributed by atoms with Crippen LogP contribution in [0.1, 0.15) is 60.3 Å². The van der Waals surface area contributed by atoms with E-state index in [2.05, 4.69) is 22.4 Å². The summed E-state index contributed by atoms with van der Waals surface area (Å²) in [4.78, 5) is 28.8. The minimum Gasteiger partial charge on any atom is -0.462 e. The van der Waals surface area contributed by atoms with Gasteiger partial charge in [0, 0.05) is 4.88 Å². The van der Waals surface area contributed by atoms with E-state index in [1.165, 1.54) is 16.2 Å². The summed E-state index contributed by atoms with van der Waals surface area (Å²) in [5.74, 6) is 1.20. The third kappa shape index (κ3) is 5.56. The molecule has 0 aromatic carbocycles. The first-order chi connectivity index (χ1) is 16.5. The number of carbonyl (C=O) groups excluding carboxylic acids is 2. The number of nitrogens with one attached hydrogen (secondary N) is 1. The van der Waals surface area contributed by atoms with Gasteiger partial charge in [0.05, 0.1) is 31.5 Å². The summed E-state index contributed by atoms with van der Waals surface area (Å²) in [6.45, 7) is 7.47. The highest BCUT2D eigenvalue weighted by Gasteiger charge is 2.29. The molecular formula is C24H30N4O5S. The minimum absolute atomic E-state index is 0.132. The summed E-state index contributed by atoms with van der Waals surface area (Å²) in [7, 11) is 0. The van der Waals surface area contributed by atoms with Gasteiger partial charge in [-0.15, -0.1) is 21.5 Å². The smallest absolute Gasteiger partial charge is 0.341 e. The SMILES string of the molecule is CCCN(CC(=O)Nc1sc2c(c1C(=O)OCC)CC[C@H](C)C2)Cc1nnc(-c2ccco2)o1. The zero-order valence-electron chi connectivity index (χ0n) is 19.8. The van der Waals surface area contributed by atoms with Crippen LogP contribution in [0.5, 0.6) is 0 Å². The Labute approximate surface area is 202 Å². The highest BCUT2D eigenvalue weighted by atomic mass is 32.1. The largest absolute Gasteiger partial charge is 0.462 e. The number of rotatable bonds is 10. The molecule has 1 aliphatic carbocycles. The second kappa shape index (κ2) is 11.0.